The van der Waals surface area contributed by atoms with Crippen molar-refractivity contribution in [3.63, 3.8) is 0 Å². The number of carbonyl (C=O) groups excluding carboxylic acids is 1. The van der Waals surface area contributed by atoms with E-state index in [-0.39, 0.29) is 23.6 Å². The van der Waals surface area contributed by atoms with E-state index in [4.69, 9.17) is 0 Å². The Morgan fingerprint density at radius 1 is 1.21 bits per heavy atom. The molecule has 1 unspecified atom stereocenters. The van der Waals surface area contributed by atoms with Crippen LogP contribution in [0.25, 0.3) is 0 Å². The summed E-state index contributed by atoms with van der Waals surface area (Å²) in [5, 5.41) is 13.8. The summed E-state index contributed by atoms with van der Waals surface area (Å²) >= 11 is 0. The van der Waals surface area contributed by atoms with Crippen LogP contribution < -0.4 is 5.32 Å². The van der Waals surface area contributed by atoms with Crippen LogP contribution in [0.15, 0.2) is 30.3 Å². The lowest BCUT2D eigenvalue weighted by Crippen LogP contribution is -2.60. The van der Waals surface area contributed by atoms with Gasteiger partial charge in [-0.15, -0.1) is 0 Å². The fourth-order valence-corrected chi connectivity index (χ4v) is 4.52. The van der Waals surface area contributed by atoms with Crippen LogP contribution in [-0.4, -0.2) is 59.8 Å². The van der Waals surface area contributed by atoms with Gasteiger partial charge < -0.3 is 20.2 Å². The molecule has 0 aromatic heterocycles. The molecule has 5 nitrogen and oxygen atoms in total. The maximum absolute atomic E-state index is 13.2. The molecule has 1 saturated carbocycles. The van der Waals surface area contributed by atoms with Crippen molar-refractivity contribution >= 4 is 6.03 Å². The molecule has 2 saturated heterocycles. The molecule has 3 fully saturated rings. The largest absolute Gasteiger partial charge is 0.392 e. The number of amides is 2. The van der Waals surface area contributed by atoms with Crippen LogP contribution in [0.5, 0.6) is 0 Å². The number of nitrogens with one attached hydrogen (secondary N) is 1. The Hall–Kier alpha value is -1.59. The monoisotopic (exact) mass is 329 g/mol. The Morgan fingerprint density at radius 2 is 2.00 bits per heavy atom. The first kappa shape index (κ1) is 15.9. The van der Waals surface area contributed by atoms with Crippen molar-refractivity contribution in [2.45, 2.75) is 37.8 Å². The Kier molecular flexibility index (Phi) is 4.22. The zero-order valence-corrected chi connectivity index (χ0v) is 14.2. The lowest BCUT2D eigenvalue weighted by atomic mass is 9.62. The SMILES string of the molecule is O=C(N1CCC(O)C2(CCC2)C1)N1CCNC[C@H]1c1ccccc1. The van der Waals surface area contributed by atoms with Crippen molar-refractivity contribution in [2.75, 3.05) is 32.7 Å². The van der Waals surface area contributed by atoms with Crippen molar-refractivity contribution in [3.05, 3.63) is 35.9 Å². The van der Waals surface area contributed by atoms with Gasteiger partial charge in [0.2, 0.25) is 0 Å². The molecule has 1 aromatic carbocycles. The summed E-state index contributed by atoms with van der Waals surface area (Å²) in [6.07, 6.45) is 3.78. The number of benzene rings is 1. The van der Waals surface area contributed by atoms with Crippen LogP contribution in [0.4, 0.5) is 4.79 Å². The Morgan fingerprint density at radius 3 is 2.71 bits per heavy atom. The number of aliphatic hydroxyl groups is 1. The summed E-state index contributed by atoms with van der Waals surface area (Å²) < 4.78 is 0. The van der Waals surface area contributed by atoms with Crippen LogP contribution in [-0.2, 0) is 0 Å². The molecule has 130 valence electrons. The highest BCUT2D eigenvalue weighted by Crippen LogP contribution is 2.47. The average molecular weight is 329 g/mol. The minimum Gasteiger partial charge on any atom is -0.392 e. The fraction of sp³-hybridized carbons (Fsp3) is 0.632. The third-order valence-electron chi connectivity index (χ3n) is 6.18. The molecule has 1 aromatic rings. The number of aliphatic hydroxyl groups excluding tert-OH is 1. The van der Waals surface area contributed by atoms with E-state index in [9.17, 15) is 9.90 Å². The molecule has 2 heterocycles. The lowest BCUT2D eigenvalue weighted by Gasteiger charge is -2.53. The molecular formula is C19H27N3O2. The first-order chi connectivity index (χ1) is 11.7. The lowest BCUT2D eigenvalue weighted by molar-refractivity contribution is -0.0848. The Bertz CT molecular complexity index is 588. The third-order valence-corrected chi connectivity index (χ3v) is 6.18. The molecule has 2 atom stereocenters. The second kappa shape index (κ2) is 6.37. The molecule has 1 spiro atoms. The van der Waals surface area contributed by atoms with Gasteiger partial charge >= 0.3 is 6.03 Å². The molecule has 2 amide bonds. The molecule has 4 rings (SSSR count). The van der Waals surface area contributed by atoms with Gasteiger partial charge in [0.1, 0.15) is 0 Å². The third kappa shape index (κ3) is 2.70. The van der Waals surface area contributed by atoms with Crippen molar-refractivity contribution in [3.8, 4) is 0 Å². The van der Waals surface area contributed by atoms with E-state index in [0.29, 0.717) is 13.0 Å². The molecule has 3 aliphatic rings. The van der Waals surface area contributed by atoms with Crippen LogP contribution >= 0.6 is 0 Å². The number of urea groups is 1. The number of likely N-dealkylation sites (tertiary alicyclic amines) is 1. The summed E-state index contributed by atoms with van der Waals surface area (Å²) in [5.41, 5.74) is 1.16. The van der Waals surface area contributed by atoms with E-state index in [0.717, 1.165) is 39.0 Å². The van der Waals surface area contributed by atoms with Crippen LogP contribution in [0.3, 0.4) is 0 Å². The quantitative estimate of drug-likeness (QED) is 0.828. The number of hydrogen-bond acceptors (Lipinski definition) is 3. The summed E-state index contributed by atoms with van der Waals surface area (Å²) in [6.45, 7) is 3.78. The van der Waals surface area contributed by atoms with Gasteiger partial charge in [-0.3, -0.25) is 0 Å². The van der Waals surface area contributed by atoms with Gasteiger partial charge in [-0.25, -0.2) is 4.79 Å². The standard InChI is InChI=1S/C19H27N3O2/c23-17-7-11-21(14-19(17)8-4-9-19)18(24)22-12-10-20-13-16(22)15-5-2-1-3-6-15/h1-3,5-6,16-17,20,23H,4,7-14H2/t16-,17?/m0/s1. The number of hydrogen-bond donors (Lipinski definition) is 2. The predicted molar refractivity (Wildman–Crippen MR) is 92.6 cm³/mol. The van der Waals surface area contributed by atoms with Crippen molar-refractivity contribution in [1.82, 2.24) is 15.1 Å². The average Bonchev–Trinajstić information content (AvgIpc) is 2.61. The minimum atomic E-state index is -0.233. The first-order valence-corrected chi connectivity index (χ1v) is 9.19. The fourth-order valence-electron chi connectivity index (χ4n) is 4.52. The van der Waals surface area contributed by atoms with Crippen LogP contribution in [0, 0.1) is 5.41 Å². The number of piperazine rings is 1. The van der Waals surface area contributed by atoms with E-state index in [2.05, 4.69) is 17.4 Å². The predicted octanol–water partition coefficient (Wildman–Crippen LogP) is 1.99. The first-order valence-electron chi connectivity index (χ1n) is 9.19. The van der Waals surface area contributed by atoms with E-state index in [1.165, 1.54) is 12.0 Å². The molecular weight excluding hydrogens is 302 g/mol. The smallest absolute Gasteiger partial charge is 0.320 e. The topological polar surface area (TPSA) is 55.8 Å². The number of piperidine rings is 1. The summed E-state index contributed by atoms with van der Waals surface area (Å²) in [6, 6.07) is 10.5. The molecule has 2 N–H and O–H groups in total. The second-order valence-electron chi connectivity index (χ2n) is 7.55. The highest BCUT2D eigenvalue weighted by Gasteiger charge is 2.48. The van der Waals surface area contributed by atoms with E-state index in [1.807, 2.05) is 28.0 Å². The summed E-state index contributed by atoms with van der Waals surface area (Å²) in [7, 11) is 0. The number of nitrogens with zero attached hydrogens (tertiary/aromatic N) is 2. The highest BCUT2D eigenvalue weighted by atomic mass is 16.3. The zero-order chi connectivity index (χ0) is 16.6. The normalized spacial score (nSPS) is 29.4. The van der Waals surface area contributed by atoms with Gasteiger partial charge in [0, 0.05) is 38.1 Å². The van der Waals surface area contributed by atoms with Crippen molar-refractivity contribution < 1.29 is 9.90 Å². The second-order valence-corrected chi connectivity index (χ2v) is 7.55. The Balaban J connectivity index is 1.52. The number of rotatable bonds is 1. The molecule has 2 aliphatic heterocycles. The zero-order valence-electron chi connectivity index (χ0n) is 14.2. The molecule has 0 bridgehead atoms. The van der Waals surface area contributed by atoms with Gasteiger partial charge in [0.25, 0.3) is 0 Å². The van der Waals surface area contributed by atoms with Gasteiger partial charge in [-0.2, -0.15) is 0 Å². The maximum Gasteiger partial charge on any atom is 0.320 e. The van der Waals surface area contributed by atoms with Crippen molar-refractivity contribution in [1.29, 1.82) is 0 Å². The van der Waals surface area contributed by atoms with Crippen LogP contribution in [0.1, 0.15) is 37.3 Å². The van der Waals surface area contributed by atoms with Crippen LogP contribution in [0.2, 0.25) is 0 Å². The van der Waals surface area contributed by atoms with E-state index < -0.39 is 0 Å². The summed E-state index contributed by atoms with van der Waals surface area (Å²) in [5.74, 6) is 0. The molecule has 24 heavy (non-hydrogen) atoms. The molecule has 1 aliphatic carbocycles. The maximum atomic E-state index is 13.2. The summed E-state index contributed by atoms with van der Waals surface area (Å²) in [4.78, 5) is 17.2. The molecule has 0 radical (unpaired) electrons. The van der Waals surface area contributed by atoms with E-state index in [1.54, 1.807) is 0 Å². The van der Waals surface area contributed by atoms with E-state index >= 15 is 0 Å². The minimum absolute atomic E-state index is 0.0236. The number of carbonyl (C=O) groups is 1. The van der Waals surface area contributed by atoms with Gasteiger partial charge in [0.05, 0.1) is 12.1 Å². The van der Waals surface area contributed by atoms with Gasteiger partial charge in [-0.05, 0) is 24.8 Å². The van der Waals surface area contributed by atoms with Crippen molar-refractivity contribution in [2.24, 2.45) is 5.41 Å². The molecule has 5 heteroatoms. The highest BCUT2D eigenvalue weighted by molar-refractivity contribution is 5.75. The Labute approximate surface area is 143 Å². The van der Waals surface area contributed by atoms with Gasteiger partial charge in [-0.1, -0.05) is 36.8 Å². The van der Waals surface area contributed by atoms with Gasteiger partial charge in [0.15, 0.2) is 0 Å².